The van der Waals surface area contributed by atoms with E-state index in [4.69, 9.17) is 0 Å². The molecule has 1 aliphatic heterocycles. The van der Waals surface area contributed by atoms with Crippen molar-refractivity contribution in [3.8, 4) is 0 Å². The Labute approximate surface area is 76.2 Å². The lowest BCUT2D eigenvalue weighted by atomic mass is 9.98. The van der Waals surface area contributed by atoms with Crippen molar-refractivity contribution in [1.82, 2.24) is 0 Å². The maximum Gasteiger partial charge on any atom is 0.150 e. The van der Waals surface area contributed by atoms with E-state index >= 15 is 0 Å². The van der Waals surface area contributed by atoms with Gasteiger partial charge in [-0.1, -0.05) is 30.3 Å². The molecule has 0 amide bonds. The van der Waals surface area contributed by atoms with Crippen LogP contribution >= 0.6 is 11.8 Å². The number of carbonyl (C=O) groups is 1. The average molecular weight is 178 g/mol. The molecule has 2 rings (SSSR count). The zero-order chi connectivity index (χ0) is 8.39. The van der Waals surface area contributed by atoms with Gasteiger partial charge in [0.25, 0.3) is 0 Å². The van der Waals surface area contributed by atoms with Crippen molar-refractivity contribution in [3.05, 3.63) is 35.9 Å². The maximum absolute atomic E-state index is 11.4. The Morgan fingerprint density at radius 3 is 2.58 bits per heavy atom. The summed E-state index contributed by atoms with van der Waals surface area (Å²) in [6.45, 7) is 0. The van der Waals surface area contributed by atoms with E-state index in [9.17, 15) is 4.79 Å². The fourth-order valence-corrected chi connectivity index (χ4v) is 2.57. The second-order valence-electron chi connectivity index (χ2n) is 2.94. The van der Waals surface area contributed by atoms with Crippen molar-refractivity contribution < 1.29 is 4.79 Å². The van der Waals surface area contributed by atoms with Crippen molar-refractivity contribution in [2.75, 3.05) is 11.5 Å². The van der Waals surface area contributed by atoms with Crippen LogP contribution in [0.1, 0.15) is 11.5 Å². The quantitative estimate of drug-likeness (QED) is 0.655. The van der Waals surface area contributed by atoms with Crippen molar-refractivity contribution in [3.63, 3.8) is 0 Å². The first-order chi connectivity index (χ1) is 5.88. The zero-order valence-corrected chi connectivity index (χ0v) is 7.51. The van der Waals surface area contributed by atoms with E-state index in [2.05, 4.69) is 0 Å². The summed E-state index contributed by atoms with van der Waals surface area (Å²) in [4.78, 5) is 11.4. The summed E-state index contributed by atoms with van der Waals surface area (Å²) in [7, 11) is 0. The minimum Gasteiger partial charge on any atom is -0.298 e. The van der Waals surface area contributed by atoms with Crippen LogP contribution in [-0.4, -0.2) is 17.3 Å². The fraction of sp³-hybridized carbons (Fsp3) is 0.300. The Morgan fingerprint density at radius 2 is 2.00 bits per heavy atom. The summed E-state index contributed by atoms with van der Waals surface area (Å²) in [5.41, 5.74) is 1.17. The van der Waals surface area contributed by atoms with Gasteiger partial charge in [0.1, 0.15) is 0 Å². The topological polar surface area (TPSA) is 17.1 Å². The van der Waals surface area contributed by atoms with E-state index in [1.807, 2.05) is 30.3 Å². The van der Waals surface area contributed by atoms with Gasteiger partial charge in [-0.15, -0.1) is 0 Å². The lowest BCUT2D eigenvalue weighted by Gasteiger charge is -2.05. The summed E-state index contributed by atoms with van der Waals surface area (Å²) in [5.74, 6) is 2.20. The highest BCUT2D eigenvalue weighted by atomic mass is 32.2. The molecule has 1 fully saturated rings. The fourth-order valence-electron chi connectivity index (χ4n) is 1.44. The summed E-state index contributed by atoms with van der Waals surface area (Å²) in [6.07, 6.45) is 0. The van der Waals surface area contributed by atoms with Gasteiger partial charge in [0, 0.05) is 5.75 Å². The Morgan fingerprint density at radius 1 is 1.25 bits per heavy atom. The number of hydrogen-bond donors (Lipinski definition) is 0. The van der Waals surface area contributed by atoms with Crippen LogP contribution in [0.4, 0.5) is 0 Å². The molecule has 1 unspecified atom stereocenters. The van der Waals surface area contributed by atoms with E-state index in [1.165, 1.54) is 5.56 Å². The number of ketones is 1. The Bertz CT molecular complexity index is 281. The minimum absolute atomic E-state index is 0.163. The highest BCUT2D eigenvalue weighted by Gasteiger charge is 2.25. The number of carbonyl (C=O) groups excluding carboxylic acids is 1. The number of benzene rings is 1. The van der Waals surface area contributed by atoms with E-state index < -0.39 is 0 Å². The van der Waals surface area contributed by atoms with E-state index in [0.717, 1.165) is 5.75 Å². The molecular formula is C10H10OS. The summed E-state index contributed by atoms with van der Waals surface area (Å²) in [5, 5.41) is 0. The highest BCUT2D eigenvalue weighted by molar-refractivity contribution is 8.00. The average Bonchev–Trinajstić information content (AvgIpc) is 2.53. The normalized spacial score (nSPS) is 23.0. The standard InChI is InChI=1S/C10H10OS/c11-10-7-12-6-9(10)8-4-2-1-3-5-8/h1-5,9H,6-7H2. The molecule has 0 aromatic heterocycles. The van der Waals surface area contributed by atoms with Gasteiger partial charge in [0.05, 0.1) is 11.7 Å². The van der Waals surface area contributed by atoms with Crippen molar-refractivity contribution >= 4 is 17.5 Å². The van der Waals surface area contributed by atoms with Gasteiger partial charge in [-0.2, -0.15) is 11.8 Å². The van der Waals surface area contributed by atoms with Crippen molar-refractivity contribution in [2.24, 2.45) is 0 Å². The number of rotatable bonds is 1. The van der Waals surface area contributed by atoms with Gasteiger partial charge in [-0.05, 0) is 5.56 Å². The zero-order valence-electron chi connectivity index (χ0n) is 6.69. The molecule has 0 bridgehead atoms. The lowest BCUT2D eigenvalue weighted by molar-refractivity contribution is -0.117. The molecule has 0 saturated carbocycles. The number of hydrogen-bond acceptors (Lipinski definition) is 2. The van der Waals surface area contributed by atoms with Crippen molar-refractivity contribution in [2.45, 2.75) is 5.92 Å². The second kappa shape index (κ2) is 3.31. The Kier molecular flexibility index (Phi) is 2.17. The Balaban J connectivity index is 2.25. The van der Waals surface area contributed by atoms with Gasteiger partial charge in [-0.25, -0.2) is 0 Å². The van der Waals surface area contributed by atoms with Gasteiger partial charge >= 0.3 is 0 Å². The predicted molar refractivity (Wildman–Crippen MR) is 51.5 cm³/mol. The first kappa shape index (κ1) is 7.87. The van der Waals surface area contributed by atoms with Crippen LogP contribution in [0.5, 0.6) is 0 Å². The van der Waals surface area contributed by atoms with Gasteiger partial charge < -0.3 is 0 Å². The van der Waals surface area contributed by atoms with Crippen LogP contribution in [0, 0.1) is 0 Å². The lowest BCUT2D eigenvalue weighted by Crippen LogP contribution is -2.08. The summed E-state index contributed by atoms with van der Waals surface area (Å²) in [6, 6.07) is 10.0. The second-order valence-corrected chi connectivity index (χ2v) is 3.97. The molecule has 12 heavy (non-hydrogen) atoms. The third-order valence-corrected chi connectivity index (χ3v) is 3.18. The molecule has 62 valence electrons. The molecule has 0 N–H and O–H groups in total. The van der Waals surface area contributed by atoms with Gasteiger partial charge in [0.2, 0.25) is 0 Å². The molecule has 1 saturated heterocycles. The molecule has 2 heteroatoms. The summed E-state index contributed by atoms with van der Waals surface area (Å²) >= 11 is 1.74. The van der Waals surface area contributed by atoms with Crippen LogP contribution in [0.3, 0.4) is 0 Å². The molecule has 1 aliphatic rings. The van der Waals surface area contributed by atoms with E-state index in [0.29, 0.717) is 11.5 Å². The summed E-state index contributed by atoms with van der Waals surface area (Å²) < 4.78 is 0. The molecule has 1 nitrogen and oxygen atoms in total. The molecule has 1 atom stereocenters. The molecule has 0 spiro atoms. The van der Waals surface area contributed by atoms with Crippen molar-refractivity contribution in [1.29, 1.82) is 0 Å². The number of Topliss-reactive ketones (excluding diaryl/α,β-unsaturated/α-hetero) is 1. The molecular weight excluding hydrogens is 168 g/mol. The first-order valence-corrected chi connectivity index (χ1v) is 5.19. The SMILES string of the molecule is O=C1CSCC1c1ccccc1. The smallest absolute Gasteiger partial charge is 0.150 e. The van der Waals surface area contributed by atoms with Gasteiger partial charge in [0.15, 0.2) is 5.78 Å². The number of thioether (sulfide) groups is 1. The van der Waals surface area contributed by atoms with Gasteiger partial charge in [-0.3, -0.25) is 4.79 Å². The third-order valence-electron chi connectivity index (χ3n) is 2.12. The minimum atomic E-state index is 0.163. The van der Waals surface area contributed by atoms with Crippen LogP contribution in [0.2, 0.25) is 0 Å². The molecule has 1 aromatic carbocycles. The van der Waals surface area contributed by atoms with E-state index in [1.54, 1.807) is 11.8 Å². The largest absolute Gasteiger partial charge is 0.298 e. The monoisotopic (exact) mass is 178 g/mol. The molecule has 1 heterocycles. The van der Waals surface area contributed by atoms with Crippen LogP contribution in [-0.2, 0) is 4.79 Å². The van der Waals surface area contributed by atoms with E-state index in [-0.39, 0.29) is 5.92 Å². The Hall–Kier alpha value is -0.760. The molecule has 0 aliphatic carbocycles. The third kappa shape index (κ3) is 1.39. The highest BCUT2D eigenvalue weighted by Crippen LogP contribution is 2.28. The predicted octanol–water partition coefficient (Wildman–Crippen LogP) is 2.09. The molecule has 0 radical (unpaired) electrons. The van der Waals surface area contributed by atoms with Crippen LogP contribution in [0.25, 0.3) is 0 Å². The van der Waals surface area contributed by atoms with Crippen LogP contribution in [0.15, 0.2) is 30.3 Å². The van der Waals surface area contributed by atoms with Crippen LogP contribution < -0.4 is 0 Å². The first-order valence-electron chi connectivity index (χ1n) is 4.03. The molecule has 1 aromatic rings. The maximum atomic E-state index is 11.4.